The van der Waals surface area contributed by atoms with E-state index in [0.29, 0.717) is 23.4 Å². The number of carbonyl (C=O) groups is 2. The Bertz CT molecular complexity index is 993. The average molecular weight is 375 g/mol. The van der Waals surface area contributed by atoms with Crippen molar-refractivity contribution in [2.45, 2.75) is 20.3 Å². The molecule has 0 aliphatic carbocycles. The molecule has 0 saturated carbocycles. The summed E-state index contributed by atoms with van der Waals surface area (Å²) in [5.74, 6) is -1.25. The van der Waals surface area contributed by atoms with E-state index in [4.69, 9.17) is 21.1 Å². The van der Waals surface area contributed by atoms with Crippen molar-refractivity contribution in [1.29, 1.82) is 0 Å². The Morgan fingerprint density at radius 2 is 2.12 bits per heavy atom. The fourth-order valence-corrected chi connectivity index (χ4v) is 2.62. The molecule has 9 heteroatoms. The molecule has 0 spiro atoms. The number of carboxylic acid groups (broad SMARTS) is 1. The van der Waals surface area contributed by atoms with E-state index in [2.05, 4.69) is 20.3 Å². The molecule has 8 nitrogen and oxygen atoms in total. The highest BCUT2D eigenvalue weighted by Gasteiger charge is 2.16. The zero-order valence-electron chi connectivity index (χ0n) is 14.0. The Hall–Kier alpha value is -3.13. The van der Waals surface area contributed by atoms with Gasteiger partial charge in [-0.15, -0.1) is 0 Å². The number of amides is 1. The van der Waals surface area contributed by atoms with E-state index in [1.807, 2.05) is 6.92 Å². The molecule has 1 aromatic carbocycles. The molecule has 0 atom stereocenters. The second kappa shape index (κ2) is 7.01. The van der Waals surface area contributed by atoms with Crippen molar-refractivity contribution >= 4 is 29.2 Å². The molecule has 0 aliphatic rings. The summed E-state index contributed by atoms with van der Waals surface area (Å²) in [6.45, 7) is 3.70. The highest BCUT2D eigenvalue weighted by molar-refractivity contribution is 6.30. The number of nitrogens with zero attached hydrogens (tertiary/aromatic N) is 2. The summed E-state index contributed by atoms with van der Waals surface area (Å²) in [6.07, 6.45) is 1.72. The van der Waals surface area contributed by atoms with Crippen LogP contribution in [0.1, 0.15) is 39.3 Å². The maximum Gasteiger partial charge on any atom is 0.357 e. The number of rotatable bonds is 5. The molecule has 0 aliphatic heterocycles. The molecule has 0 radical (unpaired) electrons. The van der Waals surface area contributed by atoms with Crippen molar-refractivity contribution in [3.05, 3.63) is 52.4 Å². The summed E-state index contributed by atoms with van der Waals surface area (Å²) in [5, 5.41) is 11.9. The molecule has 1 amide bonds. The van der Waals surface area contributed by atoms with E-state index in [9.17, 15) is 9.59 Å². The minimum atomic E-state index is -1.16. The second-order valence-corrected chi connectivity index (χ2v) is 5.89. The van der Waals surface area contributed by atoms with Gasteiger partial charge in [-0.25, -0.2) is 14.8 Å². The molecular formula is C17H15ClN4O4. The number of aromatic amines is 1. The zero-order chi connectivity index (χ0) is 18.8. The summed E-state index contributed by atoms with van der Waals surface area (Å²) in [5.41, 5.74) is 2.45. The van der Waals surface area contributed by atoms with Crippen molar-refractivity contribution in [1.82, 2.24) is 15.0 Å². The Morgan fingerprint density at radius 1 is 1.35 bits per heavy atom. The Kier molecular flexibility index (Phi) is 4.77. The van der Waals surface area contributed by atoms with E-state index in [1.54, 1.807) is 25.1 Å². The van der Waals surface area contributed by atoms with Crippen molar-refractivity contribution in [2.75, 3.05) is 5.32 Å². The Morgan fingerprint density at radius 3 is 2.69 bits per heavy atom. The van der Waals surface area contributed by atoms with Gasteiger partial charge in [0, 0.05) is 11.3 Å². The number of imidazole rings is 1. The number of carbonyl (C=O) groups excluding carboxylic acids is 1. The van der Waals surface area contributed by atoms with E-state index >= 15 is 0 Å². The fourth-order valence-electron chi connectivity index (χ4n) is 2.35. The molecule has 0 saturated heterocycles. The van der Waals surface area contributed by atoms with Crippen LogP contribution in [0.25, 0.3) is 11.5 Å². The number of aromatic nitrogens is 3. The number of oxazole rings is 1. The first-order chi connectivity index (χ1) is 12.4. The van der Waals surface area contributed by atoms with E-state index in [1.165, 1.54) is 0 Å². The van der Waals surface area contributed by atoms with Crippen LogP contribution < -0.4 is 5.32 Å². The molecule has 3 aromatic rings. The first-order valence-electron chi connectivity index (χ1n) is 7.74. The number of hydrogen-bond donors (Lipinski definition) is 3. The second-order valence-electron chi connectivity index (χ2n) is 5.54. The highest BCUT2D eigenvalue weighted by atomic mass is 35.5. The highest BCUT2D eigenvalue weighted by Crippen LogP contribution is 2.25. The lowest BCUT2D eigenvalue weighted by Gasteiger charge is -2.08. The molecule has 0 fully saturated rings. The van der Waals surface area contributed by atoms with Crippen LogP contribution in [0.15, 0.2) is 28.9 Å². The lowest BCUT2D eigenvalue weighted by Crippen LogP contribution is -2.14. The van der Waals surface area contributed by atoms with Crippen molar-refractivity contribution in [3.8, 4) is 11.5 Å². The standard InChI is InChI=1S/C17H15ClN4O4/c1-3-10-13(18)22-14(19-10)15(23)20-11-5-4-9(6-8(11)2)16-21-12(7-26-16)17(24)25/h4-7H,3H2,1-2H3,(H,19,22)(H,20,23)(H,24,25). The summed E-state index contributed by atoms with van der Waals surface area (Å²) >= 11 is 5.95. The number of hydrogen-bond acceptors (Lipinski definition) is 5. The number of benzene rings is 1. The molecule has 2 aromatic heterocycles. The summed E-state index contributed by atoms with van der Waals surface area (Å²) in [7, 11) is 0. The fraction of sp³-hybridized carbons (Fsp3) is 0.176. The Balaban J connectivity index is 1.80. The molecule has 0 bridgehead atoms. The van der Waals surface area contributed by atoms with Crippen molar-refractivity contribution < 1.29 is 19.1 Å². The third-order valence-electron chi connectivity index (χ3n) is 3.74. The van der Waals surface area contributed by atoms with Gasteiger partial charge in [0.1, 0.15) is 6.26 Å². The van der Waals surface area contributed by atoms with E-state index in [0.717, 1.165) is 11.8 Å². The normalized spacial score (nSPS) is 10.7. The predicted octanol–water partition coefficient (Wildman–Crippen LogP) is 3.54. The van der Waals surface area contributed by atoms with Crippen LogP contribution in [-0.4, -0.2) is 31.9 Å². The molecule has 3 N–H and O–H groups in total. The topological polar surface area (TPSA) is 121 Å². The summed E-state index contributed by atoms with van der Waals surface area (Å²) in [6, 6.07) is 5.09. The average Bonchev–Trinajstić information content (AvgIpc) is 3.23. The van der Waals surface area contributed by atoms with E-state index < -0.39 is 11.9 Å². The Labute approximate surface area is 153 Å². The van der Waals surface area contributed by atoms with Gasteiger partial charge in [-0.05, 0) is 37.1 Å². The van der Waals surface area contributed by atoms with Gasteiger partial charge in [0.15, 0.2) is 16.7 Å². The van der Waals surface area contributed by atoms with Crippen molar-refractivity contribution in [3.63, 3.8) is 0 Å². The van der Waals surface area contributed by atoms with Gasteiger partial charge in [0.05, 0.1) is 5.69 Å². The van der Waals surface area contributed by atoms with Gasteiger partial charge in [-0.2, -0.15) is 0 Å². The lowest BCUT2D eigenvalue weighted by molar-refractivity contribution is 0.0690. The minimum absolute atomic E-state index is 0.133. The smallest absolute Gasteiger partial charge is 0.357 e. The largest absolute Gasteiger partial charge is 0.476 e. The van der Waals surface area contributed by atoms with Crippen LogP contribution in [0.2, 0.25) is 5.15 Å². The van der Waals surface area contributed by atoms with Gasteiger partial charge in [0.25, 0.3) is 5.91 Å². The number of aromatic carboxylic acids is 1. The SMILES string of the molecule is CCc1[nH]c(C(=O)Nc2ccc(-c3nc(C(=O)O)co3)cc2C)nc1Cl. The van der Waals surface area contributed by atoms with Crippen LogP contribution >= 0.6 is 11.6 Å². The van der Waals surface area contributed by atoms with Gasteiger partial charge in [-0.1, -0.05) is 18.5 Å². The first kappa shape index (κ1) is 17.7. The van der Waals surface area contributed by atoms with Crippen molar-refractivity contribution in [2.24, 2.45) is 0 Å². The van der Waals surface area contributed by atoms with Crippen LogP contribution in [0, 0.1) is 6.92 Å². The molecule has 2 heterocycles. The van der Waals surface area contributed by atoms with Crippen LogP contribution in [0.4, 0.5) is 5.69 Å². The lowest BCUT2D eigenvalue weighted by atomic mass is 10.1. The molecule has 3 rings (SSSR count). The summed E-state index contributed by atoms with van der Waals surface area (Å²) in [4.78, 5) is 34.0. The van der Waals surface area contributed by atoms with Crippen LogP contribution in [-0.2, 0) is 6.42 Å². The maximum absolute atomic E-state index is 12.3. The maximum atomic E-state index is 12.3. The number of halogens is 1. The molecule has 26 heavy (non-hydrogen) atoms. The van der Waals surface area contributed by atoms with Gasteiger partial charge in [0.2, 0.25) is 5.89 Å². The monoisotopic (exact) mass is 374 g/mol. The number of carboxylic acids is 1. The van der Waals surface area contributed by atoms with Crippen LogP contribution in [0.5, 0.6) is 0 Å². The quantitative estimate of drug-likeness (QED) is 0.628. The predicted molar refractivity (Wildman–Crippen MR) is 94.6 cm³/mol. The van der Waals surface area contributed by atoms with Gasteiger partial charge < -0.3 is 19.8 Å². The third-order valence-corrected chi connectivity index (χ3v) is 4.05. The molecular weight excluding hydrogens is 360 g/mol. The van der Waals surface area contributed by atoms with E-state index in [-0.39, 0.29) is 22.6 Å². The first-order valence-corrected chi connectivity index (χ1v) is 8.12. The van der Waals surface area contributed by atoms with Gasteiger partial charge in [-0.3, -0.25) is 4.79 Å². The van der Waals surface area contributed by atoms with Gasteiger partial charge >= 0.3 is 5.97 Å². The number of H-pyrrole nitrogens is 1. The molecule has 0 unspecified atom stereocenters. The summed E-state index contributed by atoms with van der Waals surface area (Å²) < 4.78 is 5.18. The van der Waals surface area contributed by atoms with Crippen LogP contribution in [0.3, 0.4) is 0 Å². The third kappa shape index (κ3) is 3.45. The number of anilines is 1. The zero-order valence-corrected chi connectivity index (χ0v) is 14.7. The number of aryl methyl sites for hydroxylation is 2. The minimum Gasteiger partial charge on any atom is -0.476 e. The number of nitrogens with one attached hydrogen (secondary N) is 2. The molecule has 134 valence electrons.